The molecular formula is C19H24N2O2S. The number of rotatable bonds is 7. The van der Waals surface area contributed by atoms with E-state index in [4.69, 9.17) is 4.74 Å². The summed E-state index contributed by atoms with van der Waals surface area (Å²) in [6.07, 6.45) is 4.41. The van der Waals surface area contributed by atoms with Crippen LogP contribution in [-0.2, 0) is 7.05 Å². The first kappa shape index (κ1) is 17.0. The van der Waals surface area contributed by atoms with Crippen molar-refractivity contribution >= 4 is 17.4 Å². The second-order valence-electron chi connectivity index (χ2n) is 6.15. The Morgan fingerprint density at radius 2 is 2.12 bits per heavy atom. The predicted octanol–water partition coefficient (Wildman–Crippen LogP) is 3.99. The standard InChI is InChI=1S/C19H24N2O2S/c1-4-24-15-7-8-18(23-12-13-5-6-13)16(10-15)14-9-17(20-2)19(22)21(3)11-14/h7-11,13,20H,4-6,12H2,1-3H3. The van der Waals surface area contributed by atoms with Gasteiger partial charge in [-0.25, -0.2) is 0 Å². The highest BCUT2D eigenvalue weighted by Crippen LogP contribution is 2.36. The average Bonchev–Trinajstić information content (AvgIpc) is 3.40. The second kappa shape index (κ2) is 7.34. The Labute approximate surface area is 147 Å². The van der Waals surface area contributed by atoms with Crippen LogP contribution >= 0.6 is 11.8 Å². The first-order valence-electron chi connectivity index (χ1n) is 8.40. The van der Waals surface area contributed by atoms with E-state index in [1.807, 2.05) is 24.0 Å². The van der Waals surface area contributed by atoms with E-state index in [2.05, 4.69) is 30.4 Å². The molecule has 0 unspecified atom stereocenters. The van der Waals surface area contributed by atoms with E-state index in [0.717, 1.165) is 29.2 Å². The maximum Gasteiger partial charge on any atom is 0.273 e. The van der Waals surface area contributed by atoms with Crippen LogP contribution in [0.4, 0.5) is 5.69 Å². The smallest absolute Gasteiger partial charge is 0.273 e. The third kappa shape index (κ3) is 3.78. The van der Waals surface area contributed by atoms with E-state index in [1.54, 1.807) is 18.7 Å². The molecule has 1 N–H and O–H groups in total. The van der Waals surface area contributed by atoms with Crippen molar-refractivity contribution in [2.24, 2.45) is 13.0 Å². The van der Waals surface area contributed by atoms with Gasteiger partial charge in [0.15, 0.2) is 0 Å². The van der Waals surface area contributed by atoms with Crippen molar-refractivity contribution < 1.29 is 4.74 Å². The Bertz CT molecular complexity index is 781. The SMILES string of the molecule is CCSc1ccc(OCC2CC2)c(-c2cc(NC)c(=O)n(C)c2)c1. The number of nitrogens with one attached hydrogen (secondary N) is 1. The molecule has 4 nitrogen and oxygen atoms in total. The molecule has 1 aliphatic rings. The van der Waals surface area contributed by atoms with E-state index in [9.17, 15) is 4.79 Å². The van der Waals surface area contributed by atoms with Gasteiger partial charge in [-0.2, -0.15) is 0 Å². The molecule has 1 fully saturated rings. The molecule has 0 radical (unpaired) electrons. The normalized spacial score (nSPS) is 13.8. The molecule has 1 aliphatic carbocycles. The molecule has 0 aliphatic heterocycles. The van der Waals surface area contributed by atoms with Gasteiger partial charge in [-0.05, 0) is 48.8 Å². The molecule has 3 rings (SSSR count). The van der Waals surface area contributed by atoms with Crippen LogP contribution in [0, 0.1) is 5.92 Å². The zero-order valence-corrected chi connectivity index (χ0v) is 15.3. The molecule has 1 aromatic carbocycles. The fourth-order valence-corrected chi connectivity index (χ4v) is 3.35. The van der Waals surface area contributed by atoms with E-state index in [1.165, 1.54) is 17.7 Å². The molecule has 0 atom stereocenters. The Kier molecular flexibility index (Phi) is 5.19. The first-order valence-corrected chi connectivity index (χ1v) is 9.39. The zero-order chi connectivity index (χ0) is 17.1. The molecule has 0 spiro atoms. The monoisotopic (exact) mass is 344 g/mol. The lowest BCUT2D eigenvalue weighted by Gasteiger charge is -2.15. The summed E-state index contributed by atoms with van der Waals surface area (Å²) in [5.74, 6) is 2.62. The molecule has 0 bridgehead atoms. The minimum Gasteiger partial charge on any atom is -0.493 e. The summed E-state index contributed by atoms with van der Waals surface area (Å²) in [6, 6.07) is 8.23. The van der Waals surface area contributed by atoms with E-state index in [0.29, 0.717) is 11.6 Å². The summed E-state index contributed by atoms with van der Waals surface area (Å²) in [7, 11) is 3.55. The lowest BCUT2D eigenvalue weighted by Crippen LogP contribution is -2.19. The largest absolute Gasteiger partial charge is 0.493 e. The molecule has 128 valence electrons. The minimum atomic E-state index is -0.0270. The summed E-state index contributed by atoms with van der Waals surface area (Å²) in [5.41, 5.74) is 2.60. The Morgan fingerprint density at radius 3 is 2.79 bits per heavy atom. The van der Waals surface area contributed by atoms with Gasteiger partial charge in [-0.3, -0.25) is 4.79 Å². The Morgan fingerprint density at radius 1 is 1.33 bits per heavy atom. The van der Waals surface area contributed by atoms with Crippen LogP contribution in [-0.4, -0.2) is 24.0 Å². The van der Waals surface area contributed by atoms with Crippen molar-refractivity contribution in [2.45, 2.75) is 24.7 Å². The molecule has 1 saturated carbocycles. The first-order chi connectivity index (χ1) is 11.6. The highest BCUT2D eigenvalue weighted by molar-refractivity contribution is 7.99. The lowest BCUT2D eigenvalue weighted by molar-refractivity contribution is 0.301. The summed E-state index contributed by atoms with van der Waals surface area (Å²) < 4.78 is 7.69. The van der Waals surface area contributed by atoms with Crippen molar-refractivity contribution in [3.8, 4) is 16.9 Å². The number of hydrogen-bond acceptors (Lipinski definition) is 4. The molecular weight excluding hydrogens is 320 g/mol. The van der Waals surface area contributed by atoms with Crippen LogP contribution in [0.15, 0.2) is 40.2 Å². The van der Waals surface area contributed by atoms with Crippen molar-refractivity contribution in [3.05, 3.63) is 40.8 Å². The highest BCUT2D eigenvalue weighted by Gasteiger charge is 2.22. The molecule has 5 heteroatoms. The minimum absolute atomic E-state index is 0.0270. The van der Waals surface area contributed by atoms with Gasteiger partial charge in [-0.1, -0.05) is 6.92 Å². The van der Waals surface area contributed by atoms with Gasteiger partial charge in [0.2, 0.25) is 0 Å². The summed E-state index contributed by atoms with van der Waals surface area (Å²) >= 11 is 1.81. The average molecular weight is 344 g/mol. The van der Waals surface area contributed by atoms with Crippen molar-refractivity contribution in [1.82, 2.24) is 4.57 Å². The number of anilines is 1. The van der Waals surface area contributed by atoms with Crippen LogP contribution in [0.2, 0.25) is 0 Å². The summed E-state index contributed by atoms with van der Waals surface area (Å²) in [6.45, 7) is 2.92. The molecule has 24 heavy (non-hydrogen) atoms. The molecule has 1 heterocycles. The van der Waals surface area contributed by atoms with Gasteiger partial charge < -0.3 is 14.6 Å². The number of thioether (sulfide) groups is 1. The van der Waals surface area contributed by atoms with Crippen LogP contribution < -0.4 is 15.6 Å². The molecule has 0 amide bonds. The van der Waals surface area contributed by atoms with Crippen LogP contribution in [0.1, 0.15) is 19.8 Å². The third-order valence-electron chi connectivity index (χ3n) is 4.20. The zero-order valence-electron chi connectivity index (χ0n) is 14.5. The number of ether oxygens (including phenoxy) is 1. The number of aryl methyl sites for hydroxylation is 1. The summed E-state index contributed by atoms with van der Waals surface area (Å²) in [4.78, 5) is 13.3. The van der Waals surface area contributed by atoms with Gasteiger partial charge in [0.25, 0.3) is 5.56 Å². The molecule has 2 aromatic rings. The Balaban J connectivity index is 2.03. The lowest BCUT2D eigenvalue weighted by atomic mass is 10.1. The maximum atomic E-state index is 12.1. The van der Waals surface area contributed by atoms with Crippen molar-refractivity contribution in [3.63, 3.8) is 0 Å². The topological polar surface area (TPSA) is 43.3 Å². The Hall–Kier alpha value is -1.88. The van der Waals surface area contributed by atoms with Gasteiger partial charge in [0.05, 0.1) is 6.61 Å². The fourth-order valence-electron chi connectivity index (χ4n) is 2.65. The molecule has 0 saturated heterocycles. The van der Waals surface area contributed by atoms with Gasteiger partial charge in [0, 0.05) is 36.3 Å². The fraction of sp³-hybridized carbons (Fsp3) is 0.421. The van der Waals surface area contributed by atoms with Gasteiger partial charge >= 0.3 is 0 Å². The van der Waals surface area contributed by atoms with Crippen LogP contribution in [0.5, 0.6) is 5.75 Å². The number of benzene rings is 1. The van der Waals surface area contributed by atoms with E-state index in [-0.39, 0.29) is 5.56 Å². The van der Waals surface area contributed by atoms with Gasteiger partial charge in [0.1, 0.15) is 11.4 Å². The van der Waals surface area contributed by atoms with Crippen molar-refractivity contribution in [2.75, 3.05) is 24.7 Å². The second-order valence-corrected chi connectivity index (χ2v) is 7.49. The summed E-state index contributed by atoms with van der Waals surface area (Å²) in [5, 5.41) is 2.99. The highest BCUT2D eigenvalue weighted by atomic mass is 32.2. The number of aromatic nitrogens is 1. The number of pyridine rings is 1. The van der Waals surface area contributed by atoms with Crippen molar-refractivity contribution in [1.29, 1.82) is 0 Å². The third-order valence-corrected chi connectivity index (χ3v) is 5.07. The van der Waals surface area contributed by atoms with Gasteiger partial charge in [-0.15, -0.1) is 11.8 Å². The molecule has 1 aromatic heterocycles. The van der Waals surface area contributed by atoms with Crippen LogP contribution in [0.25, 0.3) is 11.1 Å². The quantitative estimate of drug-likeness (QED) is 0.771. The van der Waals surface area contributed by atoms with E-state index < -0.39 is 0 Å². The van der Waals surface area contributed by atoms with E-state index >= 15 is 0 Å². The maximum absolute atomic E-state index is 12.1. The number of hydrogen-bond donors (Lipinski definition) is 1. The number of nitrogens with zero attached hydrogens (tertiary/aromatic N) is 1. The predicted molar refractivity (Wildman–Crippen MR) is 101 cm³/mol. The van der Waals surface area contributed by atoms with Crippen LogP contribution in [0.3, 0.4) is 0 Å².